The minimum Gasteiger partial charge on any atom is -0.369 e. The average molecular weight is 267 g/mol. The number of nitrogens with two attached hydrogens (primary N) is 1. The van der Waals surface area contributed by atoms with Gasteiger partial charge < -0.3 is 10.7 Å². The van der Waals surface area contributed by atoms with Crippen LogP contribution in [-0.2, 0) is 0 Å². The van der Waals surface area contributed by atoms with Gasteiger partial charge in [-0.25, -0.2) is 15.8 Å². The second-order valence-corrected chi connectivity index (χ2v) is 6.03. The van der Waals surface area contributed by atoms with Gasteiger partial charge in [0.15, 0.2) is 0 Å². The largest absolute Gasteiger partial charge is 0.369 e. The molecule has 6 heteroatoms. The lowest BCUT2D eigenvalue weighted by atomic mass is 10.2. The van der Waals surface area contributed by atoms with E-state index in [-0.39, 0.29) is 0 Å². The van der Waals surface area contributed by atoms with Crippen LogP contribution in [0, 0.1) is 6.92 Å². The summed E-state index contributed by atoms with van der Waals surface area (Å²) in [6.45, 7) is 5.07. The van der Waals surface area contributed by atoms with Crippen LogP contribution < -0.4 is 16.6 Å². The van der Waals surface area contributed by atoms with Crippen LogP contribution in [0.3, 0.4) is 0 Å². The third kappa shape index (κ3) is 3.05. The minimum atomic E-state index is 0.524. The van der Waals surface area contributed by atoms with E-state index in [9.17, 15) is 0 Å². The molecular weight excluding hydrogens is 246 g/mol. The molecule has 1 aliphatic rings. The van der Waals surface area contributed by atoms with Gasteiger partial charge in [-0.1, -0.05) is 6.92 Å². The first kappa shape index (κ1) is 13.4. The van der Waals surface area contributed by atoms with Crippen LogP contribution in [0.2, 0.25) is 0 Å². The molecule has 0 radical (unpaired) electrons. The van der Waals surface area contributed by atoms with Gasteiger partial charge in [0.2, 0.25) is 0 Å². The van der Waals surface area contributed by atoms with Gasteiger partial charge in [-0.15, -0.1) is 0 Å². The first-order valence-electron chi connectivity index (χ1n) is 6.27. The van der Waals surface area contributed by atoms with Crippen LogP contribution in [0.1, 0.15) is 37.1 Å². The number of aromatic nitrogens is 2. The molecule has 1 unspecified atom stereocenters. The highest BCUT2D eigenvalue weighted by atomic mass is 32.2. The van der Waals surface area contributed by atoms with Crippen molar-refractivity contribution in [3.05, 3.63) is 11.4 Å². The standard InChI is InChI=1S/C12H21N5S/c1-7(18-3)6-14-10-8(2)11(17-13)16-12(15-10)9-4-5-9/h7,9H,4-6,13H2,1-3H3,(H2,14,15,16,17). The van der Waals surface area contributed by atoms with E-state index in [1.54, 1.807) is 0 Å². The fourth-order valence-corrected chi connectivity index (χ4v) is 1.94. The summed E-state index contributed by atoms with van der Waals surface area (Å²) in [7, 11) is 0. The molecule has 4 N–H and O–H groups in total. The summed E-state index contributed by atoms with van der Waals surface area (Å²) >= 11 is 1.84. The van der Waals surface area contributed by atoms with E-state index in [1.807, 2.05) is 18.7 Å². The van der Waals surface area contributed by atoms with Gasteiger partial charge in [0.1, 0.15) is 17.5 Å². The highest BCUT2D eigenvalue weighted by Crippen LogP contribution is 2.39. The number of anilines is 2. The number of thioether (sulfide) groups is 1. The summed E-state index contributed by atoms with van der Waals surface area (Å²) < 4.78 is 0. The maximum absolute atomic E-state index is 5.52. The zero-order chi connectivity index (χ0) is 13.1. The van der Waals surface area contributed by atoms with Crippen LogP contribution in [-0.4, -0.2) is 28.0 Å². The third-order valence-corrected chi connectivity index (χ3v) is 4.17. The molecule has 1 aliphatic carbocycles. The summed E-state index contributed by atoms with van der Waals surface area (Å²) in [5.74, 6) is 8.58. The Morgan fingerprint density at radius 2 is 2.06 bits per heavy atom. The first-order valence-corrected chi connectivity index (χ1v) is 7.56. The molecule has 0 spiro atoms. The molecule has 0 aliphatic heterocycles. The van der Waals surface area contributed by atoms with Gasteiger partial charge in [0.05, 0.1) is 0 Å². The van der Waals surface area contributed by atoms with Crippen LogP contribution in [0.4, 0.5) is 11.6 Å². The Hall–Kier alpha value is -1.01. The van der Waals surface area contributed by atoms with E-state index in [2.05, 4.69) is 33.9 Å². The van der Waals surface area contributed by atoms with Crippen LogP contribution in [0.5, 0.6) is 0 Å². The molecule has 5 nitrogen and oxygen atoms in total. The molecule has 0 saturated heterocycles. The summed E-state index contributed by atoms with van der Waals surface area (Å²) in [4.78, 5) is 9.09. The smallest absolute Gasteiger partial charge is 0.148 e. The lowest BCUT2D eigenvalue weighted by Gasteiger charge is -2.15. The molecule has 1 aromatic rings. The van der Waals surface area contributed by atoms with Crippen molar-refractivity contribution in [2.75, 3.05) is 23.5 Å². The molecule has 1 saturated carbocycles. The first-order chi connectivity index (χ1) is 8.65. The maximum atomic E-state index is 5.52. The van der Waals surface area contributed by atoms with Crippen molar-refractivity contribution in [2.45, 2.75) is 37.9 Å². The Kier molecular flexibility index (Phi) is 4.29. The Balaban J connectivity index is 2.18. The van der Waals surface area contributed by atoms with Crippen molar-refractivity contribution in [2.24, 2.45) is 5.84 Å². The van der Waals surface area contributed by atoms with Crippen LogP contribution in [0.25, 0.3) is 0 Å². The number of hydrazine groups is 1. The van der Waals surface area contributed by atoms with Crippen LogP contribution >= 0.6 is 11.8 Å². The number of nitrogen functional groups attached to an aromatic ring is 1. The van der Waals surface area contributed by atoms with Crippen molar-refractivity contribution in [3.63, 3.8) is 0 Å². The zero-order valence-electron chi connectivity index (χ0n) is 11.2. The normalized spacial score (nSPS) is 16.4. The SMILES string of the molecule is CSC(C)CNc1nc(C2CC2)nc(NN)c1C. The Morgan fingerprint density at radius 1 is 1.39 bits per heavy atom. The van der Waals surface area contributed by atoms with Crippen molar-refractivity contribution < 1.29 is 0 Å². The molecule has 0 amide bonds. The molecule has 100 valence electrons. The molecule has 1 atom stereocenters. The molecule has 1 fully saturated rings. The molecular formula is C12H21N5S. The fraction of sp³-hybridized carbons (Fsp3) is 0.667. The number of rotatable bonds is 6. The van der Waals surface area contributed by atoms with Gasteiger partial charge in [0, 0.05) is 23.3 Å². The predicted octanol–water partition coefficient (Wildman–Crippen LogP) is 2.11. The number of hydrogen-bond acceptors (Lipinski definition) is 6. The van der Waals surface area contributed by atoms with E-state index in [0.717, 1.165) is 29.6 Å². The van der Waals surface area contributed by atoms with E-state index < -0.39 is 0 Å². The fourth-order valence-electron chi connectivity index (χ4n) is 1.69. The maximum Gasteiger partial charge on any atom is 0.148 e. The summed E-state index contributed by atoms with van der Waals surface area (Å²) in [6, 6.07) is 0. The minimum absolute atomic E-state index is 0.524. The lowest BCUT2D eigenvalue weighted by molar-refractivity contribution is 0.903. The third-order valence-electron chi connectivity index (χ3n) is 3.20. The lowest BCUT2D eigenvalue weighted by Crippen LogP contribution is -2.18. The molecule has 0 aromatic carbocycles. The zero-order valence-corrected chi connectivity index (χ0v) is 12.0. The molecule has 1 heterocycles. The van der Waals surface area contributed by atoms with Gasteiger partial charge in [-0.2, -0.15) is 11.8 Å². The summed E-state index contributed by atoms with van der Waals surface area (Å²) in [5, 5.41) is 3.95. The quantitative estimate of drug-likeness (QED) is 0.541. The van der Waals surface area contributed by atoms with E-state index in [0.29, 0.717) is 11.2 Å². The van der Waals surface area contributed by atoms with Gasteiger partial charge in [-0.3, -0.25) is 0 Å². The Labute approximate surface area is 112 Å². The van der Waals surface area contributed by atoms with Gasteiger partial charge in [0.25, 0.3) is 0 Å². The van der Waals surface area contributed by atoms with E-state index in [1.165, 1.54) is 12.8 Å². The highest BCUT2D eigenvalue weighted by molar-refractivity contribution is 7.99. The number of nitrogens with zero attached hydrogens (tertiary/aromatic N) is 2. The van der Waals surface area contributed by atoms with Crippen LogP contribution in [0.15, 0.2) is 0 Å². The number of hydrogen-bond donors (Lipinski definition) is 3. The monoisotopic (exact) mass is 267 g/mol. The van der Waals surface area contributed by atoms with Gasteiger partial charge >= 0.3 is 0 Å². The molecule has 1 aromatic heterocycles. The molecule has 2 rings (SSSR count). The van der Waals surface area contributed by atoms with Gasteiger partial charge in [-0.05, 0) is 26.0 Å². The second kappa shape index (κ2) is 5.75. The molecule has 0 bridgehead atoms. The predicted molar refractivity (Wildman–Crippen MR) is 78.0 cm³/mol. The van der Waals surface area contributed by atoms with E-state index in [4.69, 9.17) is 5.84 Å². The average Bonchev–Trinajstić information content (AvgIpc) is 3.21. The van der Waals surface area contributed by atoms with Crippen molar-refractivity contribution in [1.29, 1.82) is 0 Å². The van der Waals surface area contributed by atoms with E-state index >= 15 is 0 Å². The Morgan fingerprint density at radius 3 is 2.61 bits per heavy atom. The Bertz CT molecular complexity index is 419. The van der Waals surface area contributed by atoms with Crippen molar-refractivity contribution >= 4 is 23.4 Å². The van der Waals surface area contributed by atoms with Crippen molar-refractivity contribution in [3.8, 4) is 0 Å². The number of nitrogens with one attached hydrogen (secondary N) is 2. The summed E-state index contributed by atoms with van der Waals surface area (Å²) in [6.07, 6.45) is 4.49. The second-order valence-electron chi connectivity index (χ2n) is 4.75. The van der Waals surface area contributed by atoms with Crippen molar-refractivity contribution in [1.82, 2.24) is 9.97 Å². The topological polar surface area (TPSA) is 75.9 Å². The molecule has 18 heavy (non-hydrogen) atoms. The summed E-state index contributed by atoms with van der Waals surface area (Å²) in [5.41, 5.74) is 3.65. The highest BCUT2D eigenvalue weighted by Gasteiger charge is 2.28.